The van der Waals surface area contributed by atoms with Gasteiger partial charge in [0, 0.05) is 16.9 Å². The summed E-state index contributed by atoms with van der Waals surface area (Å²) in [5, 5.41) is 3.79. The number of thioether (sulfide) groups is 1. The predicted molar refractivity (Wildman–Crippen MR) is 94.6 cm³/mol. The Hall–Kier alpha value is -0.190. The maximum absolute atomic E-state index is 5.90. The van der Waals surface area contributed by atoms with E-state index in [-0.39, 0.29) is 0 Å². The molecule has 1 aromatic carbocycles. The van der Waals surface area contributed by atoms with Crippen molar-refractivity contribution in [2.45, 2.75) is 38.6 Å². The molecule has 0 amide bonds. The Morgan fingerprint density at radius 1 is 1.48 bits per heavy atom. The number of nitrogens with one attached hydrogen (secondary N) is 1. The first kappa shape index (κ1) is 15.7. The fourth-order valence-electron chi connectivity index (χ4n) is 3.34. The lowest BCUT2D eigenvalue weighted by molar-refractivity contribution is 0.343. The lowest BCUT2D eigenvalue weighted by Gasteiger charge is -2.25. The molecule has 3 rings (SSSR count). The van der Waals surface area contributed by atoms with E-state index >= 15 is 0 Å². The first-order valence-corrected chi connectivity index (χ1v) is 9.98. The molecule has 0 radical (unpaired) electrons. The van der Waals surface area contributed by atoms with Crippen LogP contribution < -0.4 is 10.1 Å². The van der Waals surface area contributed by atoms with Gasteiger partial charge in [0.15, 0.2) is 0 Å². The minimum atomic E-state index is 0.586. The molecule has 2 unspecified atom stereocenters. The fraction of sp³-hybridized carbons (Fsp3) is 0.647. The first-order valence-electron chi connectivity index (χ1n) is 8.03. The van der Waals surface area contributed by atoms with Crippen LogP contribution in [0.5, 0.6) is 5.75 Å². The van der Waals surface area contributed by atoms with Crippen LogP contribution in [0.2, 0.25) is 0 Å². The molecule has 2 atom stereocenters. The van der Waals surface area contributed by atoms with Gasteiger partial charge in [-0.1, -0.05) is 22.9 Å². The Balaban J connectivity index is 1.78. The van der Waals surface area contributed by atoms with E-state index in [1.807, 2.05) is 0 Å². The number of rotatable bonds is 6. The summed E-state index contributed by atoms with van der Waals surface area (Å²) in [6, 6.07) is 5.06. The van der Waals surface area contributed by atoms with Crippen molar-refractivity contribution in [2.75, 3.05) is 24.7 Å². The van der Waals surface area contributed by atoms with E-state index in [1.165, 1.54) is 39.9 Å². The summed E-state index contributed by atoms with van der Waals surface area (Å²) >= 11 is 5.76. The molecule has 0 aromatic heterocycles. The maximum atomic E-state index is 5.90. The van der Waals surface area contributed by atoms with Crippen molar-refractivity contribution in [2.24, 2.45) is 5.92 Å². The molecule has 1 N–H and O–H groups in total. The SMILES string of the molecule is CCCNC(Cc1cc(Br)cc2c1OCC2)C1CCSC1. The van der Waals surface area contributed by atoms with Crippen LogP contribution in [0.25, 0.3) is 0 Å². The number of ether oxygens (including phenoxy) is 1. The highest BCUT2D eigenvalue weighted by Crippen LogP contribution is 2.35. The summed E-state index contributed by atoms with van der Waals surface area (Å²) in [4.78, 5) is 0. The Morgan fingerprint density at radius 3 is 3.14 bits per heavy atom. The fourth-order valence-corrected chi connectivity index (χ4v) is 5.23. The Bertz CT molecular complexity index is 488. The summed E-state index contributed by atoms with van der Waals surface area (Å²) in [5.74, 6) is 4.59. The average molecular weight is 370 g/mol. The van der Waals surface area contributed by atoms with E-state index in [1.54, 1.807) is 0 Å². The van der Waals surface area contributed by atoms with Crippen molar-refractivity contribution >= 4 is 27.7 Å². The molecule has 1 saturated heterocycles. The molecule has 0 spiro atoms. The molecule has 2 aliphatic heterocycles. The van der Waals surface area contributed by atoms with Crippen LogP contribution in [0.1, 0.15) is 30.9 Å². The number of halogens is 1. The first-order chi connectivity index (χ1) is 10.3. The lowest BCUT2D eigenvalue weighted by atomic mass is 9.91. The molecule has 1 fully saturated rings. The summed E-state index contributed by atoms with van der Waals surface area (Å²) in [6.07, 6.45) is 4.69. The number of hydrogen-bond acceptors (Lipinski definition) is 3. The summed E-state index contributed by atoms with van der Waals surface area (Å²) < 4.78 is 7.09. The van der Waals surface area contributed by atoms with Gasteiger partial charge in [-0.2, -0.15) is 11.8 Å². The summed E-state index contributed by atoms with van der Waals surface area (Å²) in [7, 11) is 0. The van der Waals surface area contributed by atoms with Crippen molar-refractivity contribution < 1.29 is 4.74 Å². The molecule has 2 nitrogen and oxygen atoms in total. The molecule has 1 aromatic rings. The van der Waals surface area contributed by atoms with Crippen molar-refractivity contribution in [3.8, 4) is 5.75 Å². The number of hydrogen-bond donors (Lipinski definition) is 1. The zero-order valence-electron chi connectivity index (χ0n) is 12.7. The van der Waals surface area contributed by atoms with Gasteiger partial charge in [-0.25, -0.2) is 0 Å². The van der Waals surface area contributed by atoms with Crippen LogP contribution in [-0.2, 0) is 12.8 Å². The van der Waals surface area contributed by atoms with Crippen molar-refractivity contribution in [1.82, 2.24) is 5.32 Å². The van der Waals surface area contributed by atoms with Gasteiger partial charge in [0.1, 0.15) is 5.75 Å². The van der Waals surface area contributed by atoms with Gasteiger partial charge in [-0.05, 0) is 66.5 Å². The Kier molecular flexibility index (Phi) is 5.52. The Labute approximate surface area is 140 Å². The molecule has 2 heterocycles. The lowest BCUT2D eigenvalue weighted by Crippen LogP contribution is -2.38. The van der Waals surface area contributed by atoms with Gasteiger partial charge < -0.3 is 10.1 Å². The van der Waals surface area contributed by atoms with Gasteiger partial charge in [0.05, 0.1) is 6.61 Å². The zero-order valence-corrected chi connectivity index (χ0v) is 15.1. The minimum absolute atomic E-state index is 0.586. The van der Waals surface area contributed by atoms with Gasteiger partial charge >= 0.3 is 0 Å². The summed E-state index contributed by atoms with van der Waals surface area (Å²) in [6.45, 7) is 4.20. The number of benzene rings is 1. The van der Waals surface area contributed by atoms with Crippen LogP contribution in [0.3, 0.4) is 0 Å². The predicted octanol–water partition coefficient (Wildman–Crippen LogP) is 4.05. The highest BCUT2D eigenvalue weighted by Gasteiger charge is 2.27. The van der Waals surface area contributed by atoms with E-state index in [4.69, 9.17) is 4.74 Å². The minimum Gasteiger partial charge on any atom is -0.493 e. The van der Waals surface area contributed by atoms with Crippen molar-refractivity contribution in [3.05, 3.63) is 27.7 Å². The van der Waals surface area contributed by atoms with Crippen LogP contribution >= 0.6 is 27.7 Å². The highest BCUT2D eigenvalue weighted by molar-refractivity contribution is 9.10. The molecule has 0 bridgehead atoms. The molecule has 2 aliphatic rings. The molecule has 0 saturated carbocycles. The largest absolute Gasteiger partial charge is 0.493 e. The zero-order chi connectivity index (χ0) is 14.7. The molecule has 4 heteroatoms. The quantitative estimate of drug-likeness (QED) is 0.817. The van der Waals surface area contributed by atoms with Gasteiger partial charge in [0.25, 0.3) is 0 Å². The third-order valence-corrected chi connectivity index (χ3v) is 6.10. The van der Waals surface area contributed by atoms with E-state index in [2.05, 4.69) is 52.1 Å². The van der Waals surface area contributed by atoms with Gasteiger partial charge in [0.2, 0.25) is 0 Å². The average Bonchev–Trinajstić information content (AvgIpc) is 3.13. The molecule has 116 valence electrons. The van der Waals surface area contributed by atoms with E-state index in [9.17, 15) is 0 Å². The van der Waals surface area contributed by atoms with E-state index < -0.39 is 0 Å². The van der Waals surface area contributed by atoms with Gasteiger partial charge in [-0.3, -0.25) is 0 Å². The molecule has 0 aliphatic carbocycles. The van der Waals surface area contributed by atoms with Crippen molar-refractivity contribution in [3.63, 3.8) is 0 Å². The third kappa shape index (κ3) is 3.77. The smallest absolute Gasteiger partial charge is 0.125 e. The standard InChI is InChI=1S/C17H24BrNOS/c1-2-5-19-16(13-4-7-21-11-13)10-14-9-15(18)8-12-3-6-20-17(12)14/h8-9,13,16,19H,2-7,10-11H2,1H3. The van der Waals surface area contributed by atoms with Crippen LogP contribution in [0.15, 0.2) is 16.6 Å². The third-order valence-electron chi connectivity index (χ3n) is 4.46. The van der Waals surface area contributed by atoms with E-state index in [0.717, 1.165) is 37.7 Å². The molecular formula is C17H24BrNOS. The Morgan fingerprint density at radius 2 is 2.38 bits per heavy atom. The highest BCUT2D eigenvalue weighted by atomic mass is 79.9. The number of fused-ring (bicyclic) bond motifs is 1. The second-order valence-corrected chi connectivity index (χ2v) is 8.11. The van der Waals surface area contributed by atoms with Crippen LogP contribution in [0, 0.1) is 5.92 Å². The topological polar surface area (TPSA) is 21.3 Å². The van der Waals surface area contributed by atoms with Crippen LogP contribution in [0.4, 0.5) is 0 Å². The normalized spacial score (nSPS) is 22.1. The van der Waals surface area contributed by atoms with Crippen molar-refractivity contribution in [1.29, 1.82) is 0 Å². The van der Waals surface area contributed by atoms with E-state index in [0.29, 0.717) is 6.04 Å². The second kappa shape index (κ2) is 7.38. The van der Waals surface area contributed by atoms with Crippen LogP contribution in [-0.4, -0.2) is 30.7 Å². The summed E-state index contributed by atoms with van der Waals surface area (Å²) in [5.41, 5.74) is 2.75. The molecular weight excluding hydrogens is 346 g/mol. The second-order valence-electron chi connectivity index (χ2n) is 6.04. The molecule has 21 heavy (non-hydrogen) atoms. The monoisotopic (exact) mass is 369 g/mol. The van der Waals surface area contributed by atoms with Gasteiger partial charge in [-0.15, -0.1) is 0 Å². The maximum Gasteiger partial charge on any atom is 0.125 e.